The van der Waals surface area contributed by atoms with Crippen molar-refractivity contribution in [3.63, 3.8) is 0 Å². The van der Waals surface area contributed by atoms with E-state index in [9.17, 15) is 0 Å². The standard InChI is InChI=1S/C23H30N6OS/c1-16-9-20(28-23-27-17(2)15-31-23)10-21(26-16)19-5-4-7-29(14-19)13-18-11-24-22(25-12-18)6-8-30-3/h9-12,15,19H,4-8,13-14H2,1-3H3,(H,26,27,28)/t19-/m1/s1. The Bertz CT molecular complexity index is 990. The molecule has 31 heavy (non-hydrogen) atoms. The Labute approximate surface area is 187 Å². The first kappa shape index (κ1) is 21.8. The summed E-state index contributed by atoms with van der Waals surface area (Å²) in [4.78, 5) is 20.8. The third-order valence-electron chi connectivity index (χ3n) is 5.46. The van der Waals surface area contributed by atoms with Crippen molar-refractivity contribution in [2.75, 3.05) is 32.1 Å². The maximum atomic E-state index is 5.10. The van der Waals surface area contributed by atoms with Crippen molar-refractivity contribution in [3.05, 3.63) is 58.4 Å². The van der Waals surface area contributed by atoms with E-state index in [1.807, 2.05) is 19.3 Å². The van der Waals surface area contributed by atoms with E-state index in [-0.39, 0.29) is 0 Å². The molecule has 8 heteroatoms. The first-order valence-corrected chi connectivity index (χ1v) is 11.7. The highest BCUT2D eigenvalue weighted by Gasteiger charge is 2.23. The number of pyridine rings is 1. The molecule has 1 saturated heterocycles. The molecule has 1 N–H and O–H groups in total. The average molecular weight is 439 g/mol. The fourth-order valence-electron chi connectivity index (χ4n) is 3.99. The predicted molar refractivity (Wildman–Crippen MR) is 124 cm³/mol. The van der Waals surface area contributed by atoms with Crippen molar-refractivity contribution in [1.82, 2.24) is 24.8 Å². The number of ether oxygens (including phenoxy) is 1. The van der Waals surface area contributed by atoms with Crippen LogP contribution in [0.15, 0.2) is 29.9 Å². The molecule has 1 aliphatic rings. The van der Waals surface area contributed by atoms with Gasteiger partial charge in [-0.15, -0.1) is 11.3 Å². The number of methoxy groups -OCH3 is 1. The van der Waals surface area contributed by atoms with E-state index in [0.29, 0.717) is 12.5 Å². The first-order valence-electron chi connectivity index (χ1n) is 10.8. The van der Waals surface area contributed by atoms with E-state index < -0.39 is 0 Å². The van der Waals surface area contributed by atoms with Crippen molar-refractivity contribution in [3.8, 4) is 0 Å². The monoisotopic (exact) mass is 438 g/mol. The van der Waals surface area contributed by atoms with E-state index in [4.69, 9.17) is 9.72 Å². The quantitative estimate of drug-likeness (QED) is 0.563. The van der Waals surface area contributed by atoms with Crippen molar-refractivity contribution < 1.29 is 4.74 Å². The summed E-state index contributed by atoms with van der Waals surface area (Å²) < 4.78 is 5.10. The third kappa shape index (κ3) is 6.06. The predicted octanol–water partition coefficient (Wildman–Crippen LogP) is 4.26. The van der Waals surface area contributed by atoms with Crippen LogP contribution in [0.5, 0.6) is 0 Å². The van der Waals surface area contributed by atoms with E-state index in [1.54, 1.807) is 18.4 Å². The minimum Gasteiger partial charge on any atom is -0.384 e. The number of aromatic nitrogens is 4. The topological polar surface area (TPSA) is 76.1 Å². The molecule has 0 saturated carbocycles. The molecular formula is C23H30N6OS. The Morgan fingerprint density at radius 3 is 2.74 bits per heavy atom. The molecule has 0 unspecified atom stereocenters. The fraction of sp³-hybridized carbons (Fsp3) is 0.478. The normalized spacial score (nSPS) is 17.1. The summed E-state index contributed by atoms with van der Waals surface area (Å²) in [6, 6.07) is 4.27. The number of piperidine rings is 1. The van der Waals surface area contributed by atoms with Crippen LogP contribution in [-0.2, 0) is 17.7 Å². The Hall–Kier alpha value is -2.42. The summed E-state index contributed by atoms with van der Waals surface area (Å²) in [5, 5.41) is 6.43. The number of aryl methyl sites for hydroxylation is 2. The van der Waals surface area contributed by atoms with Crippen LogP contribution in [0.25, 0.3) is 0 Å². The molecule has 1 fully saturated rings. The van der Waals surface area contributed by atoms with Gasteiger partial charge in [0, 0.05) is 73.0 Å². The summed E-state index contributed by atoms with van der Waals surface area (Å²) in [5.74, 6) is 1.26. The SMILES string of the molecule is COCCc1ncc(CN2CCC[C@@H](c3cc(Nc4nc(C)cs4)cc(C)n3)C2)cn1. The molecule has 164 valence electrons. The number of hydrogen-bond donors (Lipinski definition) is 1. The number of anilines is 2. The second kappa shape index (κ2) is 10.3. The zero-order valence-electron chi connectivity index (χ0n) is 18.5. The summed E-state index contributed by atoms with van der Waals surface area (Å²) >= 11 is 1.63. The Kier molecular flexibility index (Phi) is 7.21. The molecule has 0 spiro atoms. The number of rotatable bonds is 8. The summed E-state index contributed by atoms with van der Waals surface area (Å²) in [6.45, 7) is 7.69. The van der Waals surface area contributed by atoms with Gasteiger partial charge in [0.1, 0.15) is 5.82 Å². The molecular weight excluding hydrogens is 408 g/mol. The molecule has 0 bridgehead atoms. The number of thiazole rings is 1. The Morgan fingerprint density at radius 2 is 2.00 bits per heavy atom. The first-order chi connectivity index (χ1) is 15.1. The maximum Gasteiger partial charge on any atom is 0.187 e. The highest BCUT2D eigenvalue weighted by atomic mass is 32.1. The maximum absolute atomic E-state index is 5.10. The zero-order valence-corrected chi connectivity index (χ0v) is 19.3. The van der Waals surface area contributed by atoms with Gasteiger partial charge in [0.25, 0.3) is 0 Å². The molecule has 0 aromatic carbocycles. The summed E-state index contributed by atoms with van der Waals surface area (Å²) in [5.41, 5.74) is 5.45. The van der Waals surface area contributed by atoms with Crippen LogP contribution < -0.4 is 5.32 Å². The molecule has 3 aromatic rings. The number of likely N-dealkylation sites (tertiary alicyclic amines) is 1. The molecule has 4 heterocycles. The molecule has 0 aliphatic carbocycles. The van der Waals surface area contributed by atoms with Crippen molar-refractivity contribution in [2.24, 2.45) is 0 Å². The fourth-order valence-corrected chi connectivity index (χ4v) is 4.70. The Morgan fingerprint density at radius 1 is 1.16 bits per heavy atom. The lowest BCUT2D eigenvalue weighted by Crippen LogP contribution is -2.34. The van der Waals surface area contributed by atoms with Crippen LogP contribution in [0.1, 0.15) is 47.2 Å². The van der Waals surface area contributed by atoms with Gasteiger partial charge in [-0.05, 0) is 45.4 Å². The van der Waals surface area contributed by atoms with E-state index >= 15 is 0 Å². The lowest BCUT2D eigenvalue weighted by molar-refractivity contribution is 0.197. The van der Waals surface area contributed by atoms with Gasteiger partial charge in [0.05, 0.1) is 12.3 Å². The van der Waals surface area contributed by atoms with Crippen LogP contribution in [-0.4, -0.2) is 51.6 Å². The van der Waals surface area contributed by atoms with Gasteiger partial charge in [0.15, 0.2) is 5.13 Å². The molecule has 3 aromatic heterocycles. The third-order valence-corrected chi connectivity index (χ3v) is 6.34. The van der Waals surface area contributed by atoms with E-state index in [1.165, 1.54) is 6.42 Å². The second-order valence-electron chi connectivity index (χ2n) is 8.17. The number of hydrogen-bond acceptors (Lipinski definition) is 8. The van der Waals surface area contributed by atoms with Crippen LogP contribution in [0.2, 0.25) is 0 Å². The Balaban J connectivity index is 1.41. The second-order valence-corrected chi connectivity index (χ2v) is 9.02. The van der Waals surface area contributed by atoms with Gasteiger partial charge in [-0.25, -0.2) is 15.0 Å². The molecule has 0 radical (unpaired) electrons. The van der Waals surface area contributed by atoms with E-state index in [0.717, 1.165) is 71.8 Å². The van der Waals surface area contributed by atoms with Crippen LogP contribution in [0.4, 0.5) is 10.8 Å². The minimum atomic E-state index is 0.425. The lowest BCUT2D eigenvalue weighted by atomic mass is 9.93. The van der Waals surface area contributed by atoms with Crippen LogP contribution in [0.3, 0.4) is 0 Å². The molecule has 0 amide bonds. The smallest absolute Gasteiger partial charge is 0.187 e. The van der Waals surface area contributed by atoms with Gasteiger partial charge in [-0.1, -0.05) is 0 Å². The van der Waals surface area contributed by atoms with Crippen molar-refractivity contribution >= 4 is 22.2 Å². The molecule has 1 atom stereocenters. The molecule has 7 nitrogen and oxygen atoms in total. The number of nitrogens with one attached hydrogen (secondary N) is 1. The minimum absolute atomic E-state index is 0.425. The van der Waals surface area contributed by atoms with Crippen LogP contribution in [0, 0.1) is 13.8 Å². The van der Waals surface area contributed by atoms with Gasteiger partial charge in [-0.3, -0.25) is 9.88 Å². The van der Waals surface area contributed by atoms with E-state index in [2.05, 4.69) is 49.6 Å². The molecule has 4 rings (SSSR count). The van der Waals surface area contributed by atoms with Crippen molar-refractivity contribution in [1.29, 1.82) is 0 Å². The van der Waals surface area contributed by atoms with Gasteiger partial charge in [0.2, 0.25) is 0 Å². The zero-order chi connectivity index (χ0) is 21.6. The average Bonchev–Trinajstić information content (AvgIpc) is 3.17. The highest BCUT2D eigenvalue weighted by Crippen LogP contribution is 2.30. The number of nitrogens with zero attached hydrogens (tertiary/aromatic N) is 5. The van der Waals surface area contributed by atoms with Gasteiger partial charge < -0.3 is 10.1 Å². The van der Waals surface area contributed by atoms with Crippen molar-refractivity contribution in [2.45, 2.75) is 45.6 Å². The largest absolute Gasteiger partial charge is 0.384 e. The van der Waals surface area contributed by atoms with Gasteiger partial charge in [-0.2, -0.15) is 0 Å². The van der Waals surface area contributed by atoms with Crippen LogP contribution >= 0.6 is 11.3 Å². The highest BCUT2D eigenvalue weighted by molar-refractivity contribution is 7.13. The lowest BCUT2D eigenvalue weighted by Gasteiger charge is -2.32. The molecule has 1 aliphatic heterocycles. The summed E-state index contributed by atoms with van der Waals surface area (Å²) in [7, 11) is 1.70. The van der Waals surface area contributed by atoms with Gasteiger partial charge >= 0.3 is 0 Å². The summed E-state index contributed by atoms with van der Waals surface area (Å²) in [6.07, 6.45) is 6.98.